The van der Waals surface area contributed by atoms with Crippen molar-refractivity contribution in [3.63, 3.8) is 0 Å². The van der Waals surface area contributed by atoms with Crippen LogP contribution in [0.4, 0.5) is 5.69 Å². The first-order chi connectivity index (χ1) is 9.88. The van der Waals surface area contributed by atoms with E-state index in [4.69, 9.17) is 0 Å². The quantitative estimate of drug-likeness (QED) is 0.814. The van der Waals surface area contributed by atoms with Gasteiger partial charge in [-0.2, -0.15) is 0 Å². The van der Waals surface area contributed by atoms with Crippen LogP contribution in [-0.2, 0) is 9.59 Å². The van der Waals surface area contributed by atoms with Crippen molar-refractivity contribution in [3.8, 4) is 0 Å². The van der Waals surface area contributed by atoms with Crippen molar-refractivity contribution in [2.24, 2.45) is 11.8 Å². The molecule has 1 aromatic carbocycles. The molecule has 1 saturated carbocycles. The molecule has 5 nitrogen and oxygen atoms in total. The number of benzene rings is 1. The Balaban J connectivity index is 1.93. The Morgan fingerprint density at radius 3 is 2.43 bits per heavy atom. The maximum absolute atomic E-state index is 12.1. The Hall–Kier alpha value is -2.17. The first-order valence-electron chi connectivity index (χ1n) is 7.10. The van der Waals surface area contributed by atoms with Crippen LogP contribution in [-0.4, -0.2) is 23.6 Å². The maximum Gasteiger partial charge on any atom is 0.228 e. The summed E-state index contributed by atoms with van der Waals surface area (Å²) in [6, 6.07) is 6.88. The SMILES string of the molecule is CC(=O)c1cccc(NC(=O)C2CC2C(=O)NC(C)C)c1. The maximum atomic E-state index is 12.1. The first kappa shape index (κ1) is 15.2. The average Bonchev–Trinajstić information content (AvgIpc) is 3.18. The molecule has 1 aromatic rings. The third kappa shape index (κ3) is 3.90. The number of hydrogen-bond acceptors (Lipinski definition) is 3. The van der Waals surface area contributed by atoms with E-state index in [2.05, 4.69) is 10.6 Å². The van der Waals surface area contributed by atoms with E-state index in [1.807, 2.05) is 13.8 Å². The summed E-state index contributed by atoms with van der Waals surface area (Å²) >= 11 is 0. The van der Waals surface area contributed by atoms with E-state index in [0.29, 0.717) is 17.7 Å². The van der Waals surface area contributed by atoms with Crippen molar-refractivity contribution in [3.05, 3.63) is 29.8 Å². The van der Waals surface area contributed by atoms with Crippen LogP contribution in [0.3, 0.4) is 0 Å². The number of anilines is 1. The van der Waals surface area contributed by atoms with Gasteiger partial charge >= 0.3 is 0 Å². The van der Waals surface area contributed by atoms with Gasteiger partial charge in [-0.1, -0.05) is 12.1 Å². The highest BCUT2D eigenvalue weighted by molar-refractivity contribution is 6.01. The summed E-state index contributed by atoms with van der Waals surface area (Å²) in [5.74, 6) is -0.790. The van der Waals surface area contributed by atoms with Gasteiger partial charge in [0.1, 0.15) is 0 Å². The lowest BCUT2D eigenvalue weighted by Gasteiger charge is -2.08. The van der Waals surface area contributed by atoms with Gasteiger partial charge in [-0.3, -0.25) is 14.4 Å². The monoisotopic (exact) mass is 288 g/mol. The molecule has 0 saturated heterocycles. The molecule has 2 N–H and O–H groups in total. The molecule has 0 aromatic heterocycles. The molecule has 0 heterocycles. The zero-order valence-corrected chi connectivity index (χ0v) is 12.5. The zero-order valence-electron chi connectivity index (χ0n) is 12.5. The molecule has 0 bridgehead atoms. The van der Waals surface area contributed by atoms with Gasteiger partial charge in [-0.25, -0.2) is 0 Å². The fourth-order valence-electron chi connectivity index (χ4n) is 2.22. The Kier molecular flexibility index (Phi) is 4.40. The van der Waals surface area contributed by atoms with E-state index in [-0.39, 0.29) is 35.5 Å². The molecule has 2 rings (SSSR count). The molecule has 1 fully saturated rings. The van der Waals surface area contributed by atoms with Crippen molar-refractivity contribution < 1.29 is 14.4 Å². The molecule has 2 atom stereocenters. The van der Waals surface area contributed by atoms with Crippen LogP contribution < -0.4 is 10.6 Å². The predicted molar refractivity (Wildman–Crippen MR) is 80.0 cm³/mol. The van der Waals surface area contributed by atoms with Crippen LogP contribution in [0.15, 0.2) is 24.3 Å². The number of nitrogens with one attached hydrogen (secondary N) is 2. The van der Waals surface area contributed by atoms with E-state index in [1.165, 1.54) is 6.92 Å². The normalized spacial score (nSPS) is 20.0. The van der Waals surface area contributed by atoms with Crippen molar-refractivity contribution in [1.82, 2.24) is 5.32 Å². The third-order valence-electron chi connectivity index (χ3n) is 3.43. The lowest BCUT2D eigenvalue weighted by molar-refractivity contribution is -0.125. The summed E-state index contributed by atoms with van der Waals surface area (Å²) in [5.41, 5.74) is 1.14. The van der Waals surface area contributed by atoms with Crippen molar-refractivity contribution in [1.29, 1.82) is 0 Å². The number of hydrogen-bond donors (Lipinski definition) is 2. The molecule has 112 valence electrons. The molecular formula is C16H20N2O3. The van der Waals surface area contributed by atoms with Crippen molar-refractivity contribution in [2.75, 3.05) is 5.32 Å². The van der Waals surface area contributed by atoms with Crippen LogP contribution >= 0.6 is 0 Å². The topological polar surface area (TPSA) is 75.3 Å². The number of rotatable bonds is 5. The van der Waals surface area contributed by atoms with E-state index < -0.39 is 0 Å². The van der Waals surface area contributed by atoms with Gasteiger partial charge in [-0.15, -0.1) is 0 Å². The van der Waals surface area contributed by atoms with E-state index in [0.717, 1.165) is 0 Å². The van der Waals surface area contributed by atoms with Gasteiger partial charge in [0.15, 0.2) is 5.78 Å². The van der Waals surface area contributed by atoms with Crippen molar-refractivity contribution in [2.45, 2.75) is 33.2 Å². The molecule has 2 unspecified atom stereocenters. The number of carbonyl (C=O) groups excluding carboxylic acids is 3. The Labute approximate surface area is 124 Å². The summed E-state index contributed by atoms with van der Waals surface area (Å²) in [5, 5.41) is 5.58. The summed E-state index contributed by atoms with van der Waals surface area (Å²) in [6.45, 7) is 5.26. The van der Waals surface area contributed by atoms with Crippen LogP contribution in [0.25, 0.3) is 0 Å². The largest absolute Gasteiger partial charge is 0.354 e. The second kappa shape index (κ2) is 6.08. The van der Waals surface area contributed by atoms with Gasteiger partial charge < -0.3 is 10.6 Å². The van der Waals surface area contributed by atoms with E-state index >= 15 is 0 Å². The number of carbonyl (C=O) groups is 3. The van der Waals surface area contributed by atoms with Crippen molar-refractivity contribution >= 4 is 23.3 Å². The molecule has 5 heteroatoms. The first-order valence-corrected chi connectivity index (χ1v) is 7.10. The average molecular weight is 288 g/mol. The minimum absolute atomic E-state index is 0.0493. The molecule has 21 heavy (non-hydrogen) atoms. The Morgan fingerprint density at radius 1 is 1.14 bits per heavy atom. The third-order valence-corrected chi connectivity index (χ3v) is 3.43. The minimum Gasteiger partial charge on any atom is -0.354 e. The molecule has 0 aliphatic heterocycles. The van der Waals surface area contributed by atoms with Crippen LogP contribution in [0.5, 0.6) is 0 Å². The lowest BCUT2D eigenvalue weighted by atomic mass is 10.1. The van der Waals surface area contributed by atoms with Gasteiger partial charge in [0.05, 0.1) is 11.8 Å². The van der Waals surface area contributed by atoms with Gasteiger partial charge in [-0.05, 0) is 39.3 Å². The van der Waals surface area contributed by atoms with Crippen LogP contribution in [0.1, 0.15) is 37.6 Å². The van der Waals surface area contributed by atoms with Crippen LogP contribution in [0, 0.1) is 11.8 Å². The Morgan fingerprint density at radius 2 is 1.81 bits per heavy atom. The molecular weight excluding hydrogens is 268 g/mol. The summed E-state index contributed by atoms with van der Waals surface area (Å²) < 4.78 is 0. The highest BCUT2D eigenvalue weighted by Crippen LogP contribution is 2.39. The molecule has 0 radical (unpaired) electrons. The van der Waals surface area contributed by atoms with Gasteiger partial charge in [0.2, 0.25) is 11.8 Å². The molecule has 0 spiro atoms. The predicted octanol–water partition coefficient (Wildman–Crippen LogP) is 1.99. The fraction of sp³-hybridized carbons (Fsp3) is 0.438. The second-order valence-electron chi connectivity index (χ2n) is 5.74. The smallest absolute Gasteiger partial charge is 0.228 e. The number of ketones is 1. The second-order valence-corrected chi connectivity index (χ2v) is 5.74. The van der Waals surface area contributed by atoms with E-state index in [1.54, 1.807) is 24.3 Å². The van der Waals surface area contributed by atoms with Gasteiger partial charge in [0.25, 0.3) is 0 Å². The number of amides is 2. The standard InChI is InChI=1S/C16H20N2O3/c1-9(2)17-15(20)13-8-14(13)16(21)18-12-6-4-5-11(7-12)10(3)19/h4-7,9,13-14H,8H2,1-3H3,(H,17,20)(H,18,21). The minimum atomic E-state index is -0.273. The molecule has 1 aliphatic carbocycles. The summed E-state index contributed by atoms with van der Waals surface area (Å²) in [6.07, 6.45) is 0.580. The number of Topliss-reactive ketones (excluding diaryl/α,β-unsaturated/α-hetero) is 1. The molecule has 1 aliphatic rings. The molecule has 2 amide bonds. The fourth-order valence-corrected chi connectivity index (χ4v) is 2.22. The summed E-state index contributed by atoms with van der Waals surface area (Å²) in [4.78, 5) is 35.2. The lowest BCUT2D eigenvalue weighted by Crippen LogP contribution is -2.32. The van der Waals surface area contributed by atoms with Crippen LogP contribution in [0.2, 0.25) is 0 Å². The van der Waals surface area contributed by atoms with E-state index in [9.17, 15) is 14.4 Å². The Bertz CT molecular complexity index is 581. The highest BCUT2D eigenvalue weighted by Gasteiger charge is 2.48. The summed E-state index contributed by atoms with van der Waals surface area (Å²) in [7, 11) is 0. The zero-order chi connectivity index (χ0) is 15.6. The highest BCUT2D eigenvalue weighted by atomic mass is 16.2. The van der Waals surface area contributed by atoms with Gasteiger partial charge in [0, 0.05) is 17.3 Å².